The van der Waals surface area contributed by atoms with E-state index >= 15 is 0 Å². The number of nitrogens with zero attached hydrogens (tertiary/aromatic N) is 2. The summed E-state index contributed by atoms with van der Waals surface area (Å²) < 4.78 is 47.3. The SMILES string of the molecule is COc1cc(CCC(=O)Nc2ccccc2-c2nc(-c3ccccc3)n[nH]2)ccc1OCC(F)(F)F. The number of benzene rings is 3. The average Bonchev–Trinajstić information content (AvgIpc) is 3.37. The zero-order valence-corrected chi connectivity index (χ0v) is 19.3. The molecule has 0 unspecified atom stereocenters. The van der Waals surface area contributed by atoms with Crippen molar-refractivity contribution in [3.05, 3.63) is 78.4 Å². The highest BCUT2D eigenvalue weighted by atomic mass is 19.4. The van der Waals surface area contributed by atoms with Gasteiger partial charge in [-0.25, -0.2) is 4.98 Å². The summed E-state index contributed by atoms with van der Waals surface area (Å²) >= 11 is 0. The van der Waals surface area contributed by atoms with Crippen molar-refractivity contribution < 1.29 is 27.4 Å². The summed E-state index contributed by atoms with van der Waals surface area (Å²) in [5, 5.41) is 10.1. The monoisotopic (exact) mass is 496 g/mol. The highest BCUT2D eigenvalue weighted by Crippen LogP contribution is 2.31. The van der Waals surface area contributed by atoms with Crippen LogP contribution in [-0.4, -0.2) is 41.0 Å². The van der Waals surface area contributed by atoms with E-state index in [9.17, 15) is 18.0 Å². The summed E-state index contributed by atoms with van der Waals surface area (Å²) in [6, 6.07) is 21.3. The van der Waals surface area contributed by atoms with Gasteiger partial charge in [0, 0.05) is 17.5 Å². The maximum absolute atomic E-state index is 12.7. The molecule has 0 spiro atoms. The van der Waals surface area contributed by atoms with Gasteiger partial charge in [-0.2, -0.15) is 18.3 Å². The molecule has 0 bridgehead atoms. The molecule has 7 nitrogen and oxygen atoms in total. The second-order valence-corrected chi connectivity index (χ2v) is 7.86. The fraction of sp³-hybridized carbons (Fsp3) is 0.192. The number of aryl methyl sites for hydroxylation is 1. The number of para-hydroxylation sites is 1. The third-order valence-corrected chi connectivity index (χ3v) is 5.23. The number of amides is 1. The fourth-order valence-corrected chi connectivity index (χ4v) is 3.51. The van der Waals surface area contributed by atoms with E-state index < -0.39 is 12.8 Å². The molecule has 0 saturated carbocycles. The number of aromatic amines is 1. The van der Waals surface area contributed by atoms with Crippen molar-refractivity contribution in [3.63, 3.8) is 0 Å². The van der Waals surface area contributed by atoms with Crippen LogP contribution in [0.4, 0.5) is 18.9 Å². The van der Waals surface area contributed by atoms with Crippen molar-refractivity contribution in [2.45, 2.75) is 19.0 Å². The van der Waals surface area contributed by atoms with E-state index in [-0.39, 0.29) is 23.8 Å². The Hall–Kier alpha value is -4.34. The first kappa shape index (κ1) is 24.8. The van der Waals surface area contributed by atoms with Gasteiger partial charge in [0.05, 0.1) is 12.8 Å². The number of hydrogen-bond donors (Lipinski definition) is 2. The van der Waals surface area contributed by atoms with Gasteiger partial charge < -0.3 is 14.8 Å². The van der Waals surface area contributed by atoms with E-state index in [1.165, 1.54) is 13.2 Å². The highest BCUT2D eigenvalue weighted by Gasteiger charge is 2.29. The van der Waals surface area contributed by atoms with E-state index in [4.69, 9.17) is 9.47 Å². The molecular weight excluding hydrogens is 473 g/mol. The Morgan fingerprint density at radius 2 is 1.75 bits per heavy atom. The van der Waals surface area contributed by atoms with Crippen molar-refractivity contribution in [1.29, 1.82) is 0 Å². The summed E-state index contributed by atoms with van der Waals surface area (Å²) in [7, 11) is 1.34. The fourth-order valence-electron chi connectivity index (χ4n) is 3.51. The van der Waals surface area contributed by atoms with Crippen LogP contribution in [-0.2, 0) is 11.2 Å². The molecule has 1 aromatic heterocycles. The second kappa shape index (κ2) is 10.9. The molecule has 0 aliphatic heterocycles. The van der Waals surface area contributed by atoms with Crippen LogP contribution in [0.25, 0.3) is 22.8 Å². The number of ether oxygens (including phenoxy) is 2. The standard InChI is InChI=1S/C26H23F3N4O3/c1-35-22-15-17(11-13-21(22)36-16-26(27,28)29)12-14-23(34)30-20-10-6-5-9-19(20)25-31-24(32-33-25)18-7-3-2-4-8-18/h2-11,13,15H,12,14,16H2,1H3,(H,30,34)(H,31,32,33). The lowest BCUT2D eigenvalue weighted by Gasteiger charge is -2.14. The van der Waals surface area contributed by atoms with Gasteiger partial charge in [-0.05, 0) is 36.2 Å². The number of halogens is 3. The maximum atomic E-state index is 12.7. The first-order valence-corrected chi connectivity index (χ1v) is 11.1. The van der Waals surface area contributed by atoms with Gasteiger partial charge in [-0.15, -0.1) is 0 Å². The first-order chi connectivity index (χ1) is 17.3. The van der Waals surface area contributed by atoms with E-state index in [0.717, 1.165) is 11.1 Å². The second-order valence-electron chi connectivity index (χ2n) is 7.86. The van der Waals surface area contributed by atoms with Gasteiger partial charge >= 0.3 is 6.18 Å². The number of rotatable bonds is 9. The molecule has 0 aliphatic rings. The zero-order valence-electron chi connectivity index (χ0n) is 19.3. The summed E-state index contributed by atoms with van der Waals surface area (Å²) in [5.41, 5.74) is 2.85. The molecular formula is C26H23F3N4O3. The Kier molecular flexibility index (Phi) is 7.53. The molecule has 0 fully saturated rings. The minimum atomic E-state index is -4.45. The van der Waals surface area contributed by atoms with Gasteiger partial charge in [0.2, 0.25) is 5.91 Å². The van der Waals surface area contributed by atoms with Crippen molar-refractivity contribution >= 4 is 11.6 Å². The summed E-state index contributed by atoms with van der Waals surface area (Å²) in [6.45, 7) is -1.41. The van der Waals surface area contributed by atoms with E-state index in [1.54, 1.807) is 24.3 Å². The van der Waals surface area contributed by atoms with Crippen LogP contribution < -0.4 is 14.8 Å². The van der Waals surface area contributed by atoms with E-state index in [0.29, 0.717) is 29.3 Å². The van der Waals surface area contributed by atoms with Gasteiger partial charge in [0.1, 0.15) is 0 Å². The van der Waals surface area contributed by atoms with Gasteiger partial charge in [0.25, 0.3) is 0 Å². The van der Waals surface area contributed by atoms with Crippen molar-refractivity contribution in [3.8, 4) is 34.3 Å². The number of carbonyl (C=O) groups excluding carboxylic acids is 1. The normalized spacial score (nSPS) is 11.2. The highest BCUT2D eigenvalue weighted by molar-refractivity contribution is 5.94. The largest absolute Gasteiger partial charge is 0.493 e. The summed E-state index contributed by atoms with van der Waals surface area (Å²) in [4.78, 5) is 17.2. The van der Waals surface area contributed by atoms with Crippen LogP contribution in [0.5, 0.6) is 11.5 Å². The first-order valence-electron chi connectivity index (χ1n) is 11.1. The molecule has 0 atom stereocenters. The number of anilines is 1. The minimum absolute atomic E-state index is 0.0149. The molecule has 10 heteroatoms. The number of hydrogen-bond acceptors (Lipinski definition) is 5. The molecule has 0 saturated heterocycles. The van der Waals surface area contributed by atoms with E-state index in [2.05, 4.69) is 20.5 Å². The van der Waals surface area contributed by atoms with Crippen LogP contribution >= 0.6 is 0 Å². The van der Waals surface area contributed by atoms with Crippen LogP contribution in [0.15, 0.2) is 72.8 Å². The van der Waals surface area contributed by atoms with Gasteiger partial charge in [0.15, 0.2) is 29.8 Å². The summed E-state index contributed by atoms with van der Waals surface area (Å²) in [6.07, 6.45) is -3.96. The number of H-pyrrole nitrogens is 1. The van der Waals surface area contributed by atoms with Gasteiger partial charge in [-0.1, -0.05) is 48.5 Å². The third kappa shape index (κ3) is 6.41. The minimum Gasteiger partial charge on any atom is -0.493 e. The third-order valence-electron chi connectivity index (χ3n) is 5.23. The predicted octanol–water partition coefficient (Wildman–Crippen LogP) is 5.66. The molecule has 0 radical (unpaired) electrons. The number of carbonyl (C=O) groups is 1. The van der Waals surface area contributed by atoms with Gasteiger partial charge in [-0.3, -0.25) is 9.89 Å². The molecule has 1 heterocycles. The number of alkyl halides is 3. The van der Waals surface area contributed by atoms with E-state index in [1.807, 2.05) is 42.5 Å². The maximum Gasteiger partial charge on any atom is 0.422 e. The Morgan fingerprint density at radius 1 is 1.00 bits per heavy atom. The lowest BCUT2D eigenvalue weighted by Crippen LogP contribution is -2.19. The topological polar surface area (TPSA) is 89.1 Å². The molecule has 0 aliphatic carbocycles. The van der Waals surface area contributed by atoms with Crippen LogP contribution in [0.3, 0.4) is 0 Å². The Balaban J connectivity index is 1.41. The molecule has 4 rings (SSSR count). The smallest absolute Gasteiger partial charge is 0.422 e. The number of nitrogens with one attached hydrogen (secondary N) is 2. The Morgan fingerprint density at radius 3 is 2.50 bits per heavy atom. The van der Waals surface area contributed by atoms with Crippen molar-refractivity contribution in [2.75, 3.05) is 19.0 Å². The molecule has 36 heavy (non-hydrogen) atoms. The lowest BCUT2D eigenvalue weighted by molar-refractivity contribution is -0.153. The van der Waals surface area contributed by atoms with Crippen molar-refractivity contribution in [2.24, 2.45) is 0 Å². The molecule has 2 N–H and O–H groups in total. The van der Waals surface area contributed by atoms with Crippen molar-refractivity contribution in [1.82, 2.24) is 15.2 Å². The number of methoxy groups -OCH3 is 1. The molecule has 3 aromatic carbocycles. The zero-order chi connectivity index (χ0) is 25.5. The Labute approximate surface area is 205 Å². The predicted molar refractivity (Wildman–Crippen MR) is 129 cm³/mol. The number of aromatic nitrogens is 3. The lowest BCUT2D eigenvalue weighted by atomic mass is 10.1. The average molecular weight is 496 g/mol. The quantitative estimate of drug-likeness (QED) is 0.312. The molecule has 4 aromatic rings. The van der Waals surface area contributed by atoms with Crippen LogP contribution in [0.2, 0.25) is 0 Å². The Bertz CT molecular complexity index is 1320. The van der Waals surface area contributed by atoms with Crippen LogP contribution in [0.1, 0.15) is 12.0 Å². The van der Waals surface area contributed by atoms with Crippen LogP contribution in [0, 0.1) is 0 Å². The molecule has 186 valence electrons. The summed E-state index contributed by atoms with van der Waals surface area (Å²) in [5.74, 6) is 0.981. The molecule has 1 amide bonds.